The van der Waals surface area contributed by atoms with Crippen molar-refractivity contribution < 1.29 is 83.4 Å². The minimum Gasteiger partial charge on any atom is -0.480 e. The highest BCUT2D eigenvalue weighted by Crippen LogP contribution is 2.30. The molecule has 3 aliphatic heterocycles. The Kier molecular flexibility index (Phi) is 32.9. The molecule has 8 amide bonds. The number of fused-ring (bicyclic) bond motifs is 1. The molecule has 0 radical (unpaired) electrons. The maximum atomic E-state index is 15.3. The molecule has 0 bridgehead atoms. The average molecular weight is 1410 g/mol. The first-order valence-corrected chi connectivity index (χ1v) is 35.1. The molecule has 3 heterocycles. The number of aliphatic hydroxyl groups excluding tert-OH is 3. The van der Waals surface area contributed by atoms with Crippen LogP contribution in [0.5, 0.6) is 0 Å². The number of carbonyl (C=O) groups excluding carboxylic acids is 8. The zero-order valence-electron chi connectivity index (χ0n) is 55.0. The Bertz CT molecular complexity index is 3080. The fourth-order valence-corrected chi connectivity index (χ4v) is 13.7. The lowest BCUT2D eigenvalue weighted by molar-refractivity contribution is -0.140. The average Bonchev–Trinajstić information content (AvgIpc) is 1.66. The molecule has 98 heavy (non-hydrogen) atoms. The van der Waals surface area contributed by atoms with Crippen molar-refractivity contribution in [1.29, 1.82) is 0 Å². The Labute approximate surface area is 576 Å². The van der Waals surface area contributed by atoms with Crippen molar-refractivity contribution in [2.45, 2.75) is 119 Å². The predicted octanol–water partition coefficient (Wildman–Crippen LogP) is -3.91. The van der Waals surface area contributed by atoms with E-state index in [0.29, 0.717) is 29.5 Å². The normalized spacial score (nSPS) is 24.6. The predicted molar refractivity (Wildman–Crippen MR) is 364 cm³/mol. The molecule has 6 rings (SSSR count). The smallest absolute Gasteiger partial charge is 0.317 e. The van der Waals surface area contributed by atoms with E-state index in [1.165, 1.54) is 13.8 Å². The summed E-state index contributed by atoms with van der Waals surface area (Å²) in [6, 6.07) is 5.23. The Balaban J connectivity index is 1.38. The number of hydrogen-bond donors (Lipinski definition) is 16. The maximum absolute atomic E-state index is 15.3. The topological polar surface area (TPSA) is 456 Å². The minimum absolute atomic E-state index is 0.0237. The van der Waals surface area contributed by atoms with Gasteiger partial charge in [0.2, 0.25) is 47.3 Å². The molecule has 0 saturated carbocycles. The van der Waals surface area contributed by atoms with E-state index in [4.69, 9.17) is 5.73 Å². The Morgan fingerprint density at radius 2 is 1.11 bits per heavy atom. The van der Waals surface area contributed by atoms with Crippen molar-refractivity contribution in [3.05, 3.63) is 108 Å². The molecule has 5 unspecified atom stereocenters. The summed E-state index contributed by atoms with van der Waals surface area (Å²) in [5, 5.41) is 85.8. The van der Waals surface area contributed by atoms with E-state index >= 15 is 14.4 Å². The summed E-state index contributed by atoms with van der Waals surface area (Å²) in [6.45, 7) is 1.29. The summed E-state index contributed by atoms with van der Waals surface area (Å²) >= 11 is 0. The van der Waals surface area contributed by atoms with Crippen LogP contribution in [0.1, 0.15) is 50.7 Å². The van der Waals surface area contributed by atoms with E-state index in [-0.39, 0.29) is 121 Å². The van der Waals surface area contributed by atoms with Crippen LogP contribution in [0.25, 0.3) is 0 Å². The van der Waals surface area contributed by atoms with Gasteiger partial charge in [0, 0.05) is 82.6 Å². The SMILES string of the molecule is CC(O)[C@@H]1NC(=O)[C@H](CCCCN)NC(=O)[C@@H](CC2=CNC3C=CC=CC23)NC(=O)[C@H](Cc2ccccc2)NC(=O)C(NC(=O)[C@@H](Cc2ccccc2)NC(=O)CN2CCN(CC(=O)O)CCN(CC(=O)O)CCN(CC(=O)O)CC2)CSSC[C@@H](C(=O)N[C@H](CO)C(C)O)NC1=O. The molecule has 0 aromatic heterocycles. The van der Waals surface area contributed by atoms with Crippen LogP contribution in [-0.4, -0.2) is 285 Å². The van der Waals surface area contributed by atoms with Gasteiger partial charge in [-0.05, 0) is 69.0 Å². The molecule has 31 nitrogen and oxygen atoms in total. The van der Waals surface area contributed by atoms with Gasteiger partial charge in [0.25, 0.3) is 0 Å². The first-order valence-electron chi connectivity index (χ1n) is 32.7. The fraction of sp³-hybridized carbons (Fsp3) is 0.554. The number of aliphatic hydroxyl groups is 3. The quantitative estimate of drug-likeness (QED) is 0.0316. The Hall–Kier alpha value is -7.99. The van der Waals surface area contributed by atoms with Crippen LogP contribution in [0, 0.1) is 5.92 Å². The van der Waals surface area contributed by atoms with Crippen molar-refractivity contribution in [2.75, 3.05) is 103 Å². The van der Waals surface area contributed by atoms with E-state index in [1.807, 2.05) is 24.3 Å². The van der Waals surface area contributed by atoms with E-state index in [2.05, 4.69) is 47.9 Å². The van der Waals surface area contributed by atoms with Gasteiger partial charge in [-0.1, -0.05) is 107 Å². The lowest BCUT2D eigenvalue weighted by atomic mass is 9.87. The number of nitrogens with one attached hydrogen (secondary N) is 9. The summed E-state index contributed by atoms with van der Waals surface area (Å²) in [4.78, 5) is 160. The van der Waals surface area contributed by atoms with Gasteiger partial charge in [-0.3, -0.25) is 72.3 Å². The van der Waals surface area contributed by atoms with Crippen molar-refractivity contribution >= 4 is 86.8 Å². The summed E-state index contributed by atoms with van der Waals surface area (Å²) in [5.41, 5.74) is 7.70. The van der Waals surface area contributed by atoms with E-state index in [9.17, 15) is 69.0 Å². The molecule has 2 fully saturated rings. The molecule has 2 saturated heterocycles. The first kappa shape index (κ1) is 79.0. The lowest BCUT2D eigenvalue weighted by Crippen LogP contribution is -2.62. The van der Waals surface area contributed by atoms with Gasteiger partial charge in [0.1, 0.15) is 42.3 Å². The van der Waals surface area contributed by atoms with Crippen LogP contribution in [0.4, 0.5) is 0 Å². The third kappa shape index (κ3) is 26.7. The summed E-state index contributed by atoms with van der Waals surface area (Å²) < 4.78 is 0. The van der Waals surface area contributed by atoms with Crippen LogP contribution in [0.15, 0.2) is 96.7 Å². The Morgan fingerprint density at radius 1 is 0.602 bits per heavy atom. The molecule has 12 atom stereocenters. The van der Waals surface area contributed by atoms with E-state index in [0.717, 1.165) is 21.6 Å². The zero-order chi connectivity index (χ0) is 71.3. The largest absolute Gasteiger partial charge is 0.480 e. The highest BCUT2D eigenvalue weighted by atomic mass is 33.1. The summed E-state index contributed by atoms with van der Waals surface area (Å²) in [7, 11) is 1.87. The molecule has 2 aromatic rings. The molecule has 1 aliphatic carbocycles. The van der Waals surface area contributed by atoms with Gasteiger partial charge < -0.3 is 84.2 Å². The number of nitrogens with two attached hydrogens (primary N) is 1. The number of carboxylic acid groups (broad SMARTS) is 3. The number of unbranched alkanes of at least 4 members (excludes halogenated alkanes) is 1. The van der Waals surface area contributed by atoms with Gasteiger partial charge in [-0.15, -0.1) is 0 Å². The number of amides is 8. The number of carbonyl (C=O) groups is 11. The molecule has 33 heteroatoms. The highest BCUT2D eigenvalue weighted by molar-refractivity contribution is 8.76. The summed E-state index contributed by atoms with van der Waals surface area (Å²) in [6.07, 6.45) is 6.70. The molecule has 538 valence electrons. The standard InChI is InChI=1S/C65H94N14O17S2/c1-40(81)51(37-80)72-64(95)53-39-98-97-38-52(73-60(91)48(29-42-13-5-3-6-14-42)68-54(83)33-76-21-23-77(34-55(84)85)25-27-79(36-57(88)89)28-26-78(24-22-76)35-56(86)87)63(94)70-49(30-43-15-7-4-8-16-43)61(92)71-50(31-44-32-67-46-18-10-9-17-45(44)46)62(93)69-47(19-11-12-20-66)59(90)75-58(41(2)82)65(96)74-53/h3-10,13-18,32,40-41,45-53,58,67,80-82H,11-12,19-31,33-39,66H2,1-2H3,(H,68,83)(H,69,93)(H,70,94)(H,71,92)(H,72,95)(H,73,91)(H,74,96)(H,75,90)(H,84,85)(H,86,87)(H,88,89)/t40?,41?,45?,46?,47-,48+,49-,50+,51+,52?,53-,58-/m0/s1. The molecular weight excluding hydrogens is 1310 g/mol. The van der Waals surface area contributed by atoms with Crippen LogP contribution < -0.4 is 53.6 Å². The van der Waals surface area contributed by atoms with E-state index < -0.39 is 145 Å². The number of rotatable bonds is 26. The van der Waals surface area contributed by atoms with Crippen LogP contribution in [-0.2, 0) is 65.6 Å². The van der Waals surface area contributed by atoms with Crippen molar-refractivity contribution in [3.63, 3.8) is 0 Å². The highest BCUT2D eigenvalue weighted by Gasteiger charge is 2.39. The second-order valence-corrected chi connectivity index (χ2v) is 27.2. The minimum atomic E-state index is -1.75. The molecule has 2 aromatic carbocycles. The summed E-state index contributed by atoms with van der Waals surface area (Å²) in [5.74, 6) is -11.4. The number of allylic oxidation sites excluding steroid dienone is 2. The number of hydrogen-bond acceptors (Lipinski definition) is 22. The number of carboxylic acids is 3. The second-order valence-electron chi connectivity index (χ2n) is 24.6. The first-order chi connectivity index (χ1) is 46.9. The molecule has 4 aliphatic rings. The van der Waals surface area contributed by atoms with Gasteiger partial charge in [0.15, 0.2) is 0 Å². The van der Waals surface area contributed by atoms with Crippen molar-refractivity contribution in [3.8, 4) is 0 Å². The zero-order valence-corrected chi connectivity index (χ0v) is 56.6. The van der Waals surface area contributed by atoms with Gasteiger partial charge >= 0.3 is 17.9 Å². The second kappa shape index (κ2) is 40.8. The number of benzene rings is 2. The third-order valence-electron chi connectivity index (χ3n) is 16.9. The fourth-order valence-electron chi connectivity index (χ4n) is 11.4. The van der Waals surface area contributed by atoms with Crippen LogP contribution in [0.2, 0.25) is 0 Å². The molecule has 0 spiro atoms. The number of aliphatic carboxylic acids is 3. The van der Waals surface area contributed by atoms with Gasteiger partial charge in [-0.25, -0.2) is 0 Å². The monoisotopic (exact) mass is 1410 g/mol. The van der Waals surface area contributed by atoms with Crippen molar-refractivity contribution in [1.82, 2.24) is 67.5 Å². The third-order valence-corrected chi connectivity index (χ3v) is 19.3. The van der Waals surface area contributed by atoms with Crippen molar-refractivity contribution in [2.24, 2.45) is 11.7 Å². The molecular formula is C65H94N14O17S2. The maximum Gasteiger partial charge on any atom is 0.317 e. The molecule has 17 N–H and O–H groups in total. The number of nitrogens with zero attached hydrogens (tertiary/aromatic N) is 4. The lowest BCUT2D eigenvalue weighted by Gasteiger charge is -2.33. The van der Waals surface area contributed by atoms with Gasteiger partial charge in [-0.2, -0.15) is 0 Å². The van der Waals surface area contributed by atoms with Crippen LogP contribution >= 0.6 is 21.6 Å². The van der Waals surface area contributed by atoms with Gasteiger partial charge in [0.05, 0.1) is 57.1 Å². The Morgan fingerprint density at radius 3 is 1.65 bits per heavy atom. The van der Waals surface area contributed by atoms with E-state index in [1.54, 1.807) is 86.5 Å². The van der Waals surface area contributed by atoms with Crippen LogP contribution in [0.3, 0.4) is 0 Å².